The number of ether oxygens (including phenoxy) is 1. The van der Waals surface area contributed by atoms with Gasteiger partial charge in [-0.15, -0.1) is 0 Å². The van der Waals surface area contributed by atoms with E-state index in [1.165, 1.54) is 0 Å². The molecule has 0 saturated heterocycles. The highest BCUT2D eigenvalue weighted by molar-refractivity contribution is 6.35. The van der Waals surface area contributed by atoms with Gasteiger partial charge in [0.1, 0.15) is 5.75 Å². The molecule has 6 heteroatoms. The van der Waals surface area contributed by atoms with E-state index in [1.54, 1.807) is 42.5 Å². The van der Waals surface area contributed by atoms with Crippen molar-refractivity contribution in [3.05, 3.63) is 52.5 Å². The summed E-state index contributed by atoms with van der Waals surface area (Å²) >= 11 is 11.7. The minimum Gasteiger partial charge on any atom is -0.493 e. The Balaban J connectivity index is 1.80. The molecule has 0 aliphatic rings. The number of benzene rings is 2. The largest absolute Gasteiger partial charge is 0.493 e. The van der Waals surface area contributed by atoms with Crippen LogP contribution in [0.15, 0.2) is 42.5 Å². The molecule has 2 rings (SSSR count). The van der Waals surface area contributed by atoms with Crippen molar-refractivity contribution in [2.45, 2.75) is 6.42 Å². The summed E-state index contributed by atoms with van der Waals surface area (Å²) in [5.74, 6) is 0.492. The SMILES string of the molecule is Nc1ccc(OCCC(=O)Nc2cc(Cl)cc(Cl)c2)cc1. The molecule has 110 valence electrons. The van der Waals surface area contributed by atoms with Crippen molar-refractivity contribution in [1.29, 1.82) is 0 Å². The fourth-order valence-corrected chi connectivity index (χ4v) is 2.20. The van der Waals surface area contributed by atoms with Gasteiger partial charge in [-0.25, -0.2) is 0 Å². The molecule has 0 spiro atoms. The minimum atomic E-state index is -0.177. The lowest BCUT2D eigenvalue weighted by Gasteiger charge is -2.08. The number of nitrogens with two attached hydrogens (primary N) is 1. The van der Waals surface area contributed by atoms with Crippen LogP contribution in [0.4, 0.5) is 11.4 Å². The molecule has 0 aromatic heterocycles. The predicted octanol–water partition coefficient (Wildman–Crippen LogP) is 3.98. The van der Waals surface area contributed by atoms with Crippen LogP contribution in [0.1, 0.15) is 6.42 Å². The number of nitrogens with one attached hydrogen (secondary N) is 1. The van der Waals surface area contributed by atoms with Gasteiger partial charge in [0.25, 0.3) is 0 Å². The normalized spacial score (nSPS) is 10.2. The molecule has 0 bridgehead atoms. The van der Waals surface area contributed by atoms with Crippen LogP contribution in [0, 0.1) is 0 Å². The van der Waals surface area contributed by atoms with E-state index in [-0.39, 0.29) is 18.9 Å². The third-order valence-electron chi connectivity index (χ3n) is 2.62. The van der Waals surface area contributed by atoms with Crippen molar-refractivity contribution in [2.75, 3.05) is 17.7 Å². The van der Waals surface area contributed by atoms with Crippen molar-refractivity contribution >= 4 is 40.5 Å². The Morgan fingerprint density at radius 1 is 1.10 bits per heavy atom. The van der Waals surface area contributed by atoms with E-state index in [0.717, 1.165) is 0 Å². The molecule has 3 N–H and O–H groups in total. The zero-order valence-electron chi connectivity index (χ0n) is 11.1. The van der Waals surface area contributed by atoms with Crippen molar-refractivity contribution in [3.63, 3.8) is 0 Å². The van der Waals surface area contributed by atoms with E-state index in [9.17, 15) is 4.79 Å². The van der Waals surface area contributed by atoms with Crippen molar-refractivity contribution in [3.8, 4) is 5.75 Å². The Morgan fingerprint density at radius 2 is 1.71 bits per heavy atom. The average molecular weight is 325 g/mol. The third kappa shape index (κ3) is 5.17. The highest BCUT2D eigenvalue weighted by Crippen LogP contribution is 2.22. The average Bonchev–Trinajstić information content (AvgIpc) is 2.39. The summed E-state index contributed by atoms with van der Waals surface area (Å²) < 4.78 is 5.45. The Labute approximate surface area is 132 Å². The van der Waals surface area contributed by atoms with E-state index in [2.05, 4.69) is 5.32 Å². The number of anilines is 2. The molecule has 0 aliphatic carbocycles. The fraction of sp³-hybridized carbons (Fsp3) is 0.133. The molecule has 4 nitrogen and oxygen atoms in total. The maximum Gasteiger partial charge on any atom is 0.227 e. The van der Waals surface area contributed by atoms with Crippen LogP contribution in [-0.4, -0.2) is 12.5 Å². The van der Waals surface area contributed by atoms with Gasteiger partial charge in [-0.1, -0.05) is 23.2 Å². The molecular weight excluding hydrogens is 311 g/mol. The van der Waals surface area contributed by atoms with Crippen LogP contribution in [0.2, 0.25) is 10.0 Å². The number of halogens is 2. The number of carbonyl (C=O) groups is 1. The number of hydrogen-bond acceptors (Lipinski definition) is 3. The number of nitrogen functional groups attached to an aromatic ring is 1. The van der Waals surface area contributed by atoms with Gasteiger partial charge in [0.05, 0.1) is 13.0 Å². The first kappa shape index (κ1) is 15.5. The molecular formula is C15H14Cl2N2O2. The first-order valence-corrected chi connectivity index (χ1v) is 7.03. The van der Waals surface area contributed by atoms with Crippen molar-refractivity contribution in [1.82, 2.24) is 0 Å². The molecule has 0 heterocycles. The maximum atomic E-state index is 11.8. The summed E-state index contributed by atoms with van der Waals surface area (Å²) in [6.45, 7) is 0.268. The van der Waals surface area contributed by atoms with E-state index in [1.807, 2.05) is 0 Å². The second-order valence-corrected chi connectivity index (χ2v) is 5.25. The fourth-order valence-electron chi connectivity index (χ4n) is 1.68. The molecule has 0 radical (unpaired) electrons. The Hall–Kier alpha value is -1.91. The summed E-state index contributed by atoms with van der Waals surface area (Å²) in [7, 11) is 0. The second-order valence-electron chi connectivity index (χ2n) is 4.37. The molecule has 21 heavy (non-hydrogen) atoms. The van der Waals surface area contributed by atoms with E-state index < -0.39 is 0 Å². The van der Waals surface area contributed by atoms with Crippen LogP contribution in [-0.2, 0) is 4.79 Å². The molecule has 2 aromatic carbocycles. The van der Waals surface area contributed by atoms with Gasteiger partial charge in [-0.3, -0.25) is 4.79 Å². The number of carbonyl (C=O) groups excluding carboxylic acids is 1. The zero-order chi connectivity index (χ0) is 15.2. The summed E-state index contributed by atoms with van der Waals surface area (Å²) in [4.78, 5) is 11.8. The standard InChI is InChI=1S/C15H14Cl2N2O2/c16-10-7-11(17)9-13(8-10)19-15(20)5-6-21-14-3-1-12(18)2-4-14/h1-4,7-9H,5-6,18H2,(H,19,20). The molecule has 2 aromatic rings. The molecule has 1 amide bonds. The quantitative estimate of drug-likeness (QED) is 0.817. The predicted molar refractivity (Wildman–Crippen MR) is 86.1 cm³/mol. The van der Waals surface area contributed by atoms with Gasteiger partial charge in [-0.05, 0) is 42.5 Å². The first-order valence-electron chi connectivity index (χ1n) is 6.27. The van der Waals surface area contributed by atoms with Gasteiger partial charge in [0.15, 0.2) is 0 Å². The lowest BCUT2D eigenvalue weighted by Crippen LogP contribution is -2.15. The topological polar surface area (TPSA) is 64.3 Å². The van der Waals surface area contributed by atoms with Crippen molar-refractivity contribution in [2.24, 2.45) is 0 Å². The molecule has 0 fully saturated rings. The number of amides is 1. The third-order valence-corrected chi connectivity index (χ3v) is 3.06. The van der Waals surface area contributed by atoms with Crippen LogP contribution in [0.3, 0.4) is 0 Å². The molecule has 0 unspecified atom stereocenters. The smallest absolute Gasteiger partial charge is 0.227 e. The molecule has 0 saturated carbocycles. The van der Waals surface area contributed by atoms with Gasteiger partial charge >= 0.3 is 0 Å². The zero-order valence-corrected chi connectivity index (χ0v) is 12.6. The number of hydrogen-bond donors (Lipinski definition) is 2. The van der Waals surface area contributed by atoms with Crippen LogP contribution in [0.5, 0.6) is 5.75 Å². The van der Waals surface area contributed by atoms with Gasteiger partial charge < -0.3 is 15.8 Å². The van der Waals surface area contributed by atoms with E-state index >= 15 is 0 Å². The van der Waals surface area contributed by atoms with Crippen LogP contribution in [0.25, 0.3) is 0 Å². The Kier molecular flexibility index (Phi) is 5.31. The highest BCUT2D eigenvalue weighted by Gasteiger charge is 2.05. The monoisotopic (exact) mass is 324 g/mol. The van der Waals surface area contributed by atoms with Crippen LogP contribution < -0.4 is 15.8 Å². The summed E-state index contributed by atoms with van der Waals surface area (Å²) in [5.41, 5.74) is 6.80. The summed E-state index contributed by atoms with van der Waals surface area (Å²) in [6.07, 6.45) is 0.217. The summed E-state index contributed by atoms with van der Waals surface area (Å²) in [5, 5.41) is 3.65. The maximum absolute atomic E-state index is 11.8. The van der Waals surface area contributed by atoms with Crippen molar-refractivity contribution < 1.29 is 9.53 Å². The Bertz CT molecular complexity index is 610. The highest BCUT2D eigenvalue weighted by atomic mass is 35.5. The lowest BCUT2D eigenvalue weighted by molar-refractivity contribution is -0.116. The van der Waals surface area contributed by atoms with Gasteiger partial charge in [0.2, 0.25) is 5.91 Å². The first-order chi connectivity index (χ1) is 10.0. The van der Waals surface area contributed by atoms with Gasteiger partial charge in [-0.2, -0.15) is 0 Å². The second kappa shape index (κ2) is 7.20. The minimum absolute atomic E-state index is 0.177. The number of rotatable bonds is 5. The van der Waals surface area contributed by atoms with E-state index in [0.29, 0.717) is 27.2 Å². The molecule has 0 aliphatic heterocycles. The molecule has 0 atom stereocenters. The van der Waals surface area contributed by atoms with E-state index in [4.69, 9.17) is 33.7 Å². The lowest BCUT2D eigenvalue weighted by atomic mass is 10.3. The van der Waals surface area contributed by atoms with Gasteiger partial charge in [0, 0.05) is 21.4 Å². The Morgan fingerprint density at radius 3 is 2.33 bits per heavy atom. The van der Waals surface area contributed by atoms with Crippen LogP contribution >= 0.6 is 23.2 Å². The summed E-state index contributed by atoms with van der Waals surface area (Å²) in [6, 6.07) is 11.8.